The van der Waals surface area contributed by atoms with E-state index in [1.807, 2.05) is 0 Å². The van der Waals surface area contributed by atoms with E-state index in [0.717, 1.165) is 4.90 Å². The predicted octanol–water partition coefficient (Wildman–Crippen LogP) is 1.77. The van der Waals surface area contributed by atoms with Crippen LogP contribution in [-0.2, 0) is 4.74 Å². The lowest BCUT2D eigenvalue weighted by Gasteiger charge is -2.12. The van der Waals surface area contributed by atoms with Gasteiger partial charge in [-0.1, -0.05) is 0 Å². The number of ether oxygens (including phenoxy) is 1. The molecule has 4 amide bonds. The van der Waals surface area contributed by atoms with E-state index in [4.69, 9.17) is 14.9 Å². The van der Waals surface area contributed by atoms with Crippen molar-refractivity contribution < 1.29 is 33.1 Å². The number of amides is 4. The summed E-state index contributed by atoms with van der Waals surface area (Å²) in [5, 5.41) is 2.41. The number of ketones is 1. The molecule has 3 N–H and O–H groups in total. The molecular formula is C21H21N3O7. The first-order chi connectivity index (χ1) is 14.7. The van der Waals surface area contributed by atoms with Gasteiger partial charge in [0.2, 0.25) is 5.88 Å². The van der Waals surface area contributed by atoms with Crippen LogP contribution in [0, 0.1) is 6.92 Å². The fourth-order valence-corrected chi connectivity index (χ4v) is 3.47. The molecule has 0 unspecified atom stereocenters. The van der Waals surface area contributed by atoms with Crippen LogP contribution >= 0.6 is 0 Å². The number of hydrogen-bond donors (Lipinski definition) is 2. The second-order valence-corrected chi connectivity index (χ2v) is 6.98. The van der Waals surface area contributed by atoms with Gasteiger partial charge in [-0.15, -0.1) is 0 Å². The van der Waals surface area contributed by atoms with E-state index in [-0.39, 0.29) is 46.0 Å². The van der Waals surface area contributed by atoms with E-state index in [9.17, 15) is 24.0 Å². The van der Waals surface area contributed by atoms with Crippen molar-refractivity contribution in [2.45, 2.75) is 20.3 Å². The molecule has 1 aromatic carbocycles. The van der Waals surface area contributed by atoms with Gasteiger partial charge in [0.25, 0.3) is 23.6 Å². The van der Waals surface area contributed by atoms with Crippen molar-refractivity contribution in [3.05, 3.63) is 51.8 Å². The molecule has 0 aliphatic carbocycles. The molecule has 0 fully saturated rings. The molecule has 1 aliphatic rings. The summed E-state index contributed by atoms with van der Waals surface area (Å²) in [6.45, 7) is 3.31. The molecule has 10 nitrogen and oxygen atoms in total. The molecular weight excluding hydrogens is 406 g/mol. The van der Waals surface area contributed by atoms with E-state index >= 15 is 0 Å². The number of benzene rings is 1. The van der Waals surface area contributed by atoms with Gasteiger partial charge in [-0.2, -0.15) is 0 Å². The molecule has 0 atom stereocenters. The first-order valence-electron chi connectivity index (χ1n) is 9.42. The van der Waals surface area contributed by atoms with E-state index in [2.05, 4.69) is 5.32 Å². The number of carbonyl (C=O) groups excluding carboxylic acids is 5. The monoisotopic (exact) mass is 427 g/mol. The Bertz CT molecular complexity index is 1120. The van der Waals surface area contributed by atoms with E-state index in [1.165, 1.54) is 39.2 Å². The summed E-state index contributed by atoms with van der Waals surface area (Å²) < 4.78 is 10.3. The van der Waals surface area contributed by atoms with Gasteiger partial charge in [-0.25, -0.2) is 0 Å². The van der Waals surface area contributed by atoms with Crippen LogP contribution in [0.2, 0.25) is 0 Å². The van der Waals surface area contributed by atoms with Crippen molar-refractivity contribution in [3.8, 4) is 0 Å². The molecule has 1 aromatic heterocycles. The van der Waals surface area contributed by atoms with Crippen LogP contribution in [0.1, 0.15) is 70.9 Å². The number of methoxy groups -OCH3 is 1. The van der Waals surface area contributed by atoms with Crippen molar-refractivity contribution in [1.29, 1.82) is 0 Å². The van der Waals surface area contributed by atoms with Crippen LogP contribution in [0.3, 0.4) is 0 Å². The molecule has 3 rings (SSSR count). The quantitative estimate of drug-likeness (QED) is 0.370. The van der Waals surface area contributed by atoms with Crippen LogP contribution < -0.4 is 11.1 Å². The number of fused-ring (bicyclic) bond motifs is 1. The number of nitrogens with zero attached hydrogens (tertiary/aromatic N) is 1. The van der Waals surface area contributed by atoms with Gasteiger partial charge in [-0.3, -0.25) is 34.2 Å². The van der Waals surface area contributed by atoms with Crippen molar-refractivity contribution in [2.24, 2.45) is 5.73 Å². The van der Waals surface area contributed by atoms with E-state index < -0.39 is 29.4 Å². The lowest BCUT2D eigenvalue weighted by atomic mass is 10.0. The fourth-order valence-electron chi connectivity index (χ4n) is 3.47. The molecule has 0 saturated carbocycles. The summed E-state index contributed by atoms with van der Waals surface area (Å²) in [4.78, 5) is 62.5. The molecule has 162 valence electrons. The highest BCUT2D eigenvalue weighted by atomic mass is 16.5. The number of imide groups is 1. The maximum atomic E-state index is 12.7. The lowest BCUT2D eigenvalue weighted by Crippen LogP contribution is -2.31. The second kappa shape index (κ2) is 8.52. The average molecular weight is 427 g/mol. The zero-order chi connectivity index (χ0) is 22.9. The summed E-state index contributed by atoms with van der Waals surface area (Å²) >= 11 is 0. The number of nitrogens with one attached hydrogen (secondary N) is 1. The molecule has 0 bridgehead atoms. The van der Waals surface area contributed by atoms with Crippen molar-refractivity contribution in [2.75, 3.05) is 25.6 Å². The Balaban J connectivity index is 1.87. The minimum atomic E-state index is -0.932. The molecule has 10 heteroatoms. The largest absolute Gasteiger partial charge is 0.444 e. The number of primary amides is 1. The predicted molar refractivity (Wildman–Crippen MR) is 108 cm³/mol. The molecule has 0 saturated heterocycles. The van der Waals surface area contributed by atoms with Crippen LogP contribution in [0.5, 0.6) is 0 Å². The van der Waals surface area contributed by atoms with Gasteiger partial charge in [0.15, 0.2) is 5.78 Å². The first kappa shape index (κ1) is 21.9. The number of rotatable bonds is 8. The molecule has 2 aromatic rings. The SMILES string of the molecule is COCCCN1C(=O)c2ccc(C(=O)Nc3oc(C)c(C(C)=O)c3C(N)=O)cc2C1=O. The van der Waals surface area contributed by atoms with Gasteiger partial charge in [0.1, 0.15) is 11.3 Å². The number of hydrogen-bond acceptors (Lipinski definition) is 7. The number of anilines is 1. The molecule has 2 heterocycles. The third kappa shape index (κ3) is 3.97. The highest BCUT2D eigenvalue weighted by molar-refractivity contribution is 6.22. The summed E-state index contributed by atoms with van der Waals surface area (Å²) in [5.74, 6) is -3.14. The van der Waals surface area contributed by atoms with Gasteiger partial charge >= 0.3 is 0 Å². The topological polar surface area (TPSA) is 149 Å². The highest BCUT2D eigenvalue weighted by Crippen LogP contribution is 2.29. The van der Waals surface area contributed by atoms with Crippen LogP contribution in [0.25, 0.3) is 0 Å². The molecule has 1 aliphatic heterocycles. The average Bonchev–Trinajstić information content (AvgIpc) is 3.16. The molecule has 0 spiro atoms. The third-order valence-electron chi connectivity index (χ3n) is 4.87. The first-order valence-corrected chi connectivity index (χ1v) is 9.42. The Morgan fingerprint density at radius 1 is 1.13 bits per heavy atom. The standard InChI is InChI=1S/C21H21N3O7/c1-10(25)15-11(2)31-19(16(15)17(22)26)23-18(27)12-5-6-13-14(9-12)21(29)24(20(13)28)7-4-8-30-3/h5-6,9H,4,7-8H2,1-3H3,(H2,22,26)(H,23,27). The highest BCUT2D eigenvalue weighted by Gasteiger charge is 2.36. The number of furan rings is 1. The summed E-state index contributed by atoms with van der Waals surface area (Å²) in [6.07, 6.45) is 0.488. The lowest BCUT2D eigenvalue weighted by molar-refractivity contribution is 0.0638. The van der Waals surface area contributed by atoms with Gasteiger partial charge in [-0.05, 0) is 38.5 Å². The minimum absolute atomic E-state index is 0.00997. The third-order valence-corrected chi connectivity index (χ3v) is 4.87. The second-order valence-electron chi connectivity index (χ2n) is 6.98. The molecule has 0 radical (unpaired) electrons. The Morgan fingerprint density at radius 2 is 1.81 bits per heavy atom. The van der Waals surface area contributed by atoms with Crippen molar-refractivity contribution >= 4 is 35.3 Å². The van der Waals surface area contributed by atoms with Crippen LogP contribution in [0.4, 0.5) is 5.88 Å². The Morgan fingerprint density at radius 3 is 2.42 bits per heavy atom. The number of carbonyl (C=O) groups is 5. The maximum Gasteiger partial charge on any atom is 0.261 e. The van der Waals surface area contributed by atoms with Crippen LogP contribution in [0.15, 0.2) is 22.6 Å². The van der Waals surface area contributed by atoms with Gasteiger partial charge in [0.05, 0.1) is 16.7 Å². The van der Waals surface area contributed by atoms with Crippen molar-refractivity contribution in [3.63, 3.8) is 0 Å². The van der Waals surface area contributed by atoms with Gasteiger partial charge in [0, 0.05) is 25.8 Å². The van der Waals surface area contributed by atoms with Gasteiger partial charge < -0.3 is 14.9 Å². The summed E-state index contributed by atoms with van der Waals surface area (Å²) in [6, 6.07) is 4.07. The number of Topliss-reactive ketones (excluding diaryl/α,β-unsaturated/α-hetero) is 1. The molecule has 31 heavy (non-hydrogen) atoms. The minimum Gasteiger partial charge on any atom is -0.444 e. The Kier molecular flexibility index (Phi) is 6.02. The van der Waals surface area contributed by atoms with E-state index in [0.29, 0.717) is 13.0 Å². The zero-order valence-corrected chi connectivity index (χ0v) is 17.2. The Labute approximate surface area is 177 Å². The van der Waals surface area contributed by atoms with Crippen LogP contribution in [-0.4, -0.2) is 54.6 Å². The fraction of sp³-hybridized carbons (Fsp3) is 0.286. The number of aryl methyl sites for hydroxylation is 1. The maximum absolute atomic E-state index is 12.7. The van der Waals surface area contributed by atoms with Crippen molar-refractivity contribution in [1.82, 2.24) is 4.90 Å². The Hall–Kier alpha value is -3.79. The zero-order valence-electron chi connectivity index (χ0n) is 17.2. The normalized spacial score (nSPS) is 12.8. The smallest absolute Gasteiger partial charge is 0.261 e. The number of nitrogens with two attached hydrogens (primary N) is 1. The summed E-state index contributed by atoms with van der Waals surface area (Å²) in [7, 11) is 1.52. The summed E-state index contributed by atoms with van der Waals surface area (Å²) in [5.41, 5.74) is 5.48. The van der Waals surface area contributed by atoms with E-state index in [1.54, 1.807) is 0 Å².